The van der Waals surface area contributed by atoms with Gasteiger partial charge in [0.2, 0.25) is 5.91 Å². The van der Waals surface area contributed by atoms with Crippen molar-refractivity contribution in [3.05, 3.63) is 23.4 Å². The second-order valence-corrected chi connectivity index (χ2v) is 5.40. The molecular formula is C15H22N4O2. The van der Waals surface area contributed by atoms with Crippen LogP contribution in [0.1, 0.15) is 35.8 Å². The second kappa shape index (κ2) is 6.56. The van der Waals surface area contributed by atoms with Gasteiger partial charge in [0.1, 0.15) is 5.82 Å². The van der Waals surface area contributed by atoms with E-state index in [9.17, 15) is 9.59 Å². The van der Waals surface area contributed by atoms with Crippen LogP contribution >= 0.6 is 0 Å². The summed E-state index contributed by atoms with van der Waals surface area (Å²) in [5, 5.41) is 6.11. The van der Waals surface area contributed by atoms with Crippen LogP contribution in [0.15, 0.2) is 12.1 Å². The SMILES string of the molecule is CCNc1cc(C(=O)NC2CCC(=O)N(C)C2)cc(C)n1. The number of anilines is 1. The Morgan fingerprint density at radius 2 is 2.24 bits per heavy atom. The average molecular weight is 290 g/mol. The van der Waals surface area contributed by atoms with E-state index in [4.69, 9.17) is 0 Å². The molecule has 1 unspecified atom stereocenters. The summed E-state index contributed by atoms with van der Waals surface area (Å²) in [5.74, 6) is 0.723. The van der Waals surface area contributed by atoms with Crippen molar-refractivity contribution in [2.24, 2.45) is 0 Å². The lowest BCUT2D eigenvalue weighted by molar-refractivity contribution is -0.132. The number of rotatable bonds is 4. The maximum atomic E-state index is 12.3. The topological polar surface area (TPSA) is 74.3 Å². The van der Waals surface area contributed by atoms with Crippen LogP contribution in [0.25, 0.3) is 0 Å². The van der Waals surface area contributed by atoms with Crippen LogP contribution in [-0.2, 0) is 4.79 Å². The molecule has 0 radical (unpaired) electrons. The molecule has 2 amide bonds. The van der Waals surface area contributed by atoms with Crippen molar-refractivity contribution >= 4 is 17.6 Å². The van der Waals surface area contributed by atoms with Gasteiger partial charge in [0.15, 0.2) is 0 Å². The number of piperidine rings is 1. The zero-order valence-corrected chi connectivity index (χ0v) is 12.8. The van der Waals surface area contributed by atoms with Gasteiger partial charge in [-0.3, -0.25) is 9.59 Å². The highest BCUT2D eigenvalue weighted by atomic mass is 16.2. The number of hydrogen-bond acceptors (Lipinski definition) is 4. The number of nitrogens with zero attached hydrogens (tertiary/aromatic N) is 2. The first-order valence-corrected chi connectivity index (χ1v) is 7.27. The lowest BCUT2D eigenvalue weighted by Gasteiger charge is -2.30. The Balaban J connectivity index is 2.04. The van der Waals surface area contributed by atoms with E-state index in [0.29, 0.717) is 30.8 Å². The van der Waals surface area contributed by atoms with E-state index < -0.39 is 0 Å². The molecule has 1 aromatic heterocycles. The number of carbonyl (C=O) groups is 2. The predicted molar refractivity (Wildman–Crippen MR) is 81.3 cm³/mol. The maximum absolute atomic E-state index is 12.3. The van der Waals surface area contributed by atoms with Crippen LogP contribution in [0.4, 0.5) is 5.82 Å². The van der Waals surface area contributed by atoms with E-state index in [0.717, 1.165) is 12.2 Å². The molecule has 0 spiro atoms. The van der Waals surface area contributed by atoms with E-state index >= 15 is 0 Å². The van der Waals surface area contributed by atoms with Crippen molar-refractivity contribution in [1.82, 2.24) is 15.2 Å². The molecule has 1 atom stereocenters. The number of nitrogens with one attached hydrogen (secondary N) is 2. The minimum atomic E-state index is -0.118. The highest BCUT2D eigenvalue weighted by Crippen LogP contribution is 2.13. The lowest BCUT2D eigenvalue weighted by atomic mass is 10.1. The van der Waals surface area contributed by atoms with Gasteiger partial charge in [-0.2, -0.15) is 0 Å². The summed E-state index contributed by atoms with van der Waals surface area (Å²) in [6.45, 7) is 5.17. The Hall–Kier alpha value is -2.11. The van der Waals surface area contributed by atoms with Crippen molar-refractivity contribution in [2.75, 3.05) is 25.5 Å². The molecule has 1 aliphatic heterocycles. The highest BCUT2D eigenvalue weighted by Gasteiger charge is 2.24. The standard InChI is InChI=1S/C15H22N4O2/c1-4-16-13-8-11(7-10(2)17-13)15(21)18-12-5-6-14(20)19(3)9-12/h7-8,12H,4-6,9H2,1-3H3,(H,16,17)(H,18,21). The molecular weight excluding hydrogens is 268 g/mol. The third kappa shape index (κ3) is 3.93. The number of amides is 2. The molecule has 114 valence electrons. The summed E-state index contributed by atoms with van der Waals surface area (Å²) in [4.78, 5) is 29.8. The van der Waals surface area contributed by atoms with Gasteiger partial charge in [-0.1, -0.05) is 0 Å². The van der Waals surface area contributed by atoms with Crippen molar-refractivity contribution < 1.29 is 9.59 Å². The van der Waals surface area contributed by atoms with E-state index in [1.54, 1.807) is 24.1 Å². The highest BCUT2D eigenvalue weighted by molar-refractivity contribution is 5.95. The fourth-order valence-corrected chi connectivity index (χ4v) is 2.47. The van der Waals surface area contributed by atoms with Gasteiger partial charge in [0.25, 0.3) is 5.91 Å². The number of likely N-dealkylation sites (tertiary alicyclic amines) is 1. The molecule has 1 aliphatic rings. The minimum Gasteiger partial charge on any atom is -0.370 e. The van der Waals surface area contributed by atoms with Crippen LogP contribution in [0.5, 0.6) is 0 Å². The summed E-state index contributed by atoms with van der Waals surface area (Å²) >= 11 is 0. The first-order valence-electron chi connectivity index (χ1n) is 7.27. The normalized spacial score (nSPS) is 18.5. The third-order valence-electron chi connectivity index (χ3n) is 3.54. The average Bonchev–Trinajstić information content (AvgIpc) is 2.42. The third-order valence-corrected chi connectivity index (χ3v) is 3.54. The number of likely N-dealkylation sites (N-methyl/N-ethyl adjacent to an activating group) is 1. The molecule has 0 saturated carbocycles. The van der Waals surface area contributed by atoms with Gasteiger partial charge in [0.05, 0.1) is 0 Å². The molecule has 6 heteroatoms. The van der Waals surface area contributed by atoms with Crippen molar-refractivity contribution in [2.45, 2.75) is 32.7 Å². The van der Waals surface area contributed by atoms with E-state index in [-0.39, 0.29) is 17.9 Å². The molecule has 1 aromatic rings. The molecule has 21 heavy (non-hydrogen) atoms. The Bertz CT molecular complexity index is 544. The Morgan fingerprint density at radius 3 is 2.90 bits per heavy atom. The molecule has 0 bridgehead atoms. The lowest BCUT2D eigenvalue weighted by Crippen LogP contribution is -2.48. The van der Waals surface area contributed by atoms with E-state index in [1.165, 1.54) is 0 Å². The van der Waals surface area contributed by atoms with Crippen LogP contribution < -0.4 is 10.6 Å². The monoisotopic (exact) mass is 290 g/mol. The van der Waals surface area contributed by atoms with Crippen molar-refractivity contribution in [3.63, 3.8) is 0 Å². The first kappa shape index (κ1) is 15.3. The maximum Gasteiger partial charge on any atom is 0.251 e. The quantitative estimate of drug-likeness (QED) is 0.873. The molecule has 2 heterocycles. The second-order valence-electron chi connectivity index (χ2n) is 5.40. The van der Waals surface area contributed by atoms with Gasteiger partial charge in [0, 0.05) is 43.9 Å². The first-order chi connectivity index (χ1) is 9.99. The van der Waals surface area contributed by atoms with Crippen molar-refractivity contribution in [1.29, 1.82) is 0 Å². The molecule has 2 rings (SSSR count). The van der Waals surface area contributed by atoms with Gasteiger partial charge in [-0.05, 0) is 32.4 Å². The van der Waals surface area contributed by atoms with Gasteiger partial charge in [-0.15, -0.1) is 0 Å². The summed E-state index contributed by atoms with van der Waals surface area (Å²) in [6, 6.07) is 3.54. The van der Waals surface area contributed by atoms with E-state index in [1.807, 2.05) is 13.8 Å². The summed E-state index contributed by atoms with van der Waals surface area (Å²) in [7, 11) is 1.76. The van der Waals surface area contributed by atoms with Crippen LogP contribution in [0.2, 0.25) is 0 Å². The smallest absolute Gasteiger partial charge is 0.251 e. The zero-order chi connectivity index (χ0) is 15.4. The predicted octanol–water partition coefficient (Wildman–Crippen LogP) is 1.17. The Kier molecular flexibility index (Phi) is 4.77. The fraction of sp³-hybridized carbons (Fsp3) is 0.533. The number of hydrogen-bond donors (Lipinski definition) is 2. The Morgan fingerprint density at radius 1 is 1.48 bits per heavy atom. The van der Waals surface area contributed by atoms with Crippen LogP contribution in [0.3, 0.4) is 0 Å². The van der Waals surface area contributed by atoms with Crippen molar-refractivity contribution in [3.8, 4) is 0 Å². The molecule has 0 aliphatic carbocycles. The molecule has 1 fully saturated rings. The Labute approximate surface area is 124 Å². The summed E-state index contributed by atoms with van der Waals surface area (Å²) in [6.07, 6.45) is 1.18. The van der Waals surface area contributed by atoms with E-state index in [2.05, 4.69) is 15.6 Å². The molecule has 6 nitrogen and oxygen atoms in total. The van der Waals surface area contributed by atoms with Crippen LogP contribution in [0, 0.1) is 6.92 Å². The minimum absolute atomic E-state index is 0.0104. The van der Waals surface area contributed by atoms with Gasteiger partial charge in [-0.25, -0.2) is 4.98 Å². The van der Waals surface area contributed by atoms with Gasteiger partial charge < -0.3 is 15.5 Å². The summed E-state index contributed by atoms with van der Waals surface area (Å²) < 4.78 is 0. The molecule has 2 N–H and O–H groups in total. The fourth-order valence-electron chi connectivity index (χ4n) is 2.47. The number of aryl methyl sites for hydroxylation is 1. The van der Waals surface area contributed by atoms with Crippen LogP contribution in [-0.4, -0.2) is 47.9 Å². The number of pyridine rings is 1. The largest absolute Gasteiger partial charge is 0.370 e. The molecule has 1 saturated heterocycles. The summed E-state index contributed by atoms with van der Waals surface area (Å²) in [5.41, 5.74) is 1.40. The zero-order valence-electron chi connectivity index (χ0n) is 12.8. The number of carbonyl (C=O) groups excluding carboxylic acids is 2. The van der Waals surface area contributed by atoms with Gasteiger partial charge >= 0.3 is 0 Å². The molecule has 0 aromatic carbocycles. The number of aromatic nitrogens is 1.